The third kappa shape index (κ3) is 7.12. The first-order chi connectivity index (χ1) is 5.31. The Balaban J connectivity index is 3.91. The standard InChI is InChI=1S/C9H17NO2/c1-9(2,3)12-8(11)6-7-10(4)5/h6-7H,1-5H3/b7-6+. The molecule has 3 heteroatoms. The minimum Gasteiger partial charge on any atom is -0.457 e. The normalized spacial score (nSPS) is 11.8. The first-order valence-electron chi connectivity index (χ1n) is 3.89. The molecule has 0 rings (SSSR count). The number of nitrogens with zero attached hydrogens (tertiary/aromatic N) is 1. The Bertz CT molecular complexity index is 177. The molecule has 0 fully saturated rings. The summed E-state index contributed by atoms with van der Waals surface area (Å²) in [6.07, 6.45) is 3.07. The fraction of sp³-hybridized carbons (Fsp3) is 0.667. The number of esters is 1. The largest absolute Gasteiger partial charge is 0.457 e. The Labute approximate surface area is 74.0 Å². The van der Waals surface area contributed by atoms with Gasteiger partial charge < -0.3 is 9.64 Å². The van der Waals surface area contributed by atoms with E-state index in [1.54, 1.807) is 11.1 Å². The van der Waals surface area contributed by atoms with Crippen molar-refractivity contribution in [1.29, 1.82) is 0 Å². The molecule has 0 saturated heterocycles. The average Bonchev–Trinajstić information content (AvgIpc) is 1.79. The Morgan fingerprint density at radius 3 is 2.17 bits per heavy atom. The first-order valence-corrected chi connectivity index (χ1v) is 3.89. The van der Waals surface area contributed by atoms with E-state index < -0.39 is 5.60 Å². The zero-order valence-electron chi connectivity index (χ0n) is 8.42. The van der Waals surface area contributed by atoms with Crippen LogP contribution in [0, 0.1) is 0 Å². The molecule has 0 heterocycles. The molecule has 0 N–H and O–H groups in total. The fourth-order valence-corrected chi connectivity index (χ4v) is 0.546. The smallest absolute Gasteiger partial charge is 0.332 e. The molecule has 0 aliphatic carbocycles. The monoisotopic (exact) mass is 171 g/mol. The Hall–Kier alpha value is -0.990. The third-order valence-corrected chi connectivity index (χ3v) is 0.916. The number of carbonyl (C=O) groups is 1. The lowest BCUT2D eigenvalue weighted by Gasteiger charge is -2.18. The minimum absolute atomic E-state index is 0.309. The lowest BCUT2D eigenvalue weighted by atomic mass is 10.2. The zero-order valence-corrected chi connectivity index (χ0v) is 8.42. The summed E-state index contributed by atoms with van der Waals surface area (Å²) in [6.45, 7) is 5.52. The van der Waals surface area contributed by atoms with Gasteiger partial charge in [0.2, 0.25) is 0 Å². The van der Waals surface area contributed by atoms with E-state index in [9.17, 15) is 4.79 Å². The number of carbonyl (C=O) groups excluding carboxylic acids is 1. The maximum absolute atomic E-state index is 11.0. The Morgan fingerprint density at radius 1 is 1.33 bits per heavy atom. The summed E-state index contributed by atoms with van der Waals surface area (Å²) in [6, 6.07) is 0. The van der Waals surface area contributed by atoms with Gasteiger partial charge in [-0.2, -0.15) is 0 Å². The van der Waals surface area contributed by atoms with Crippen molar-refractivity contribution in [2.75, 3.05) is 14.1 Å². The SMILES string of the molecule is CN(C)/C=C/C(=O)OC(C)(C)C. The van der Waals surface area contributed by atoms with Gasteiger partial charge in [-0.1, -0.05) is 0 Å². The summed E-state index contributed by atoms with van der Waals surface area (Å²) in [4.78, 5) is 12.8. The van der Waals surface area contributed by atoms with Gasteiger partial charge >= 0.3 is 5.97 Å². The van der Waals surface area contributed by atoms with Gasteiger partial charge in [-0.05, 0) is 20.8 Å². The van der Waals surface area contributed by atoms with Crippen molar-refractivity contribution in [3.8, 4) is 0 Å². The van der Waals surface area contributed by atoms with Crippen LogP contribution in [0.2, 0.25) is 0 Å². The van der Waals surface area contributed by atoms with Crippen LogP contribution < -0.4 is 0 Å². The maximum atomic E-state index is 11.0. The molecule has 0 aliphatic heterocycles. The first kappa shape index (κ1) is 11.0. The van der Waals surface area contributed by atoms with Crippen molar-refractivity contribution in [2.24, 2.45) is 0 Å². The quantitative estimate of drug-likeness (QED) is 0.464. The molecule has 0 aliphatic rings. The van der Waals surface area contributed by atoms with E-state index in [-0.39, 0.29) is 5.97 Å². The molecule has 3 nitrogen and oxygen atoms in total. The molecule has 0 spiro atoms. The van der Waals surface area contributed by atoms with E-state index in [0.717, 1.165) is 0 Å². The molecule has 0 unspecified atom stereocenters. The molecular formula is C9H17NO2. The molecule has 0 aromatic heterocycles. The van der Waals surface area contributed by atoms with Crippen molar-refractivity contribution >= 4 is 5.97 Å². The van der Waals surface area contributed by atoms with E-state index in [2.05, 4.69) is 0 Å². The highest BCUT2D eigenvalue weighted by Crippen LogP contribution is 2.06. The topological polar surface area (TPSA) is 29.5 Å². The average molecular weight is 171 g/mol. The van der Waals surface area contributed by atoms with E-state index in [1.165, 1.54) is 6.08 Å². The predicted octanol–water partition coefficient (Wildman–Crippen LogP) is 1.40. The molecule has 0 amide bonds. The van der Waals surface area contributed by atoms with E-state index in [1.807, 2.05) is 34.9 Å². The fourth-order valence-electron chi connectivity index (χ4n) is 0.546. The van der Waals surface area contributed by atoms with Gasteiger partial charge in [-0.15, -0.1) is 0 Å². The van der Waals surface area contributed by atoms with E-state index in [4.69, 9.17) is 4.74 Å². The Kier molecular flexibility index (Phi) is 3.80. The van der Waals surface area contributed by atoms with Gasteiger partial charge in [0, 0.05) is 26.4 Å². The third-order valence-electron chi connectivity index (χ3n) is 0.916. The number of ether oxygens (including phenoxy) is 1. The van der Waals surface area contributed by atoms with Crippen LogP contribution in [-0.4, -0.2) is 30.6 Å². The van der Waals surface area contributed by atoms with E-state index >= 15 is 0 Å². The molecular weight excluding hydrogens is 154 g/mol. The van der Waals surface area contributed by atoms with Crippen LogP contribution in [0.25, 0.3) is 0 Å². The summed E-state index contributed by atoms with van der Waals surface area (Å²) in [7, 11) is 3.70. The van der Waals surface area contributed by atoms with Crippen molar-refractivity contribution in [1.82, 2.24) is 4.90 Å². The molecule has 0 atom stereocenters. The summed E-state index contributed by atoms with van der Waals surface area (Å²) >= 11 is 0. The molecule has 0 saturated carbocycles. The second-order valence-electron chi connectivity index (χ2n) is 3.81. The van der Waals surface area contributed by atoms with Crippen LogP contribution in [0.3, 0.4) is 0 Å². The van der Waals surface area contributed by atoms with Crippen LogP contribution in [0.15, 0.2) is 12.3 Å². The van der Waals surface area contributed by atoms with Crippen LogP contribution >= 0.6 is 0 Å². The molecule has 0 aromatic carbocycles. The number of hydrogen-bond donors (Lipinski definition) is 0. The summed E-state index contributed by atoms with van der Waals surface area (Å²) in [5, 5.41) is 0. The van der Waals surface area contributed by atoms with Crippen molar-refractivity contribution in [3.63, 3.8) is 0 Å². The lowest BCUT2D eigenvalue weighted by Crippen LogP contribution is -2.22. The van der Waals surface area contributed by atoms with Crippen LogP contribution in [0.5, 0.6) is 0 Å². The predicted molar refractivity (Wildman–Crippen MR) is 48.7 cm³/mol. The van der Waals surface area contributed by atoms with Crippen LogP contribution in [0.1, 0.15) is 20.8 Å². The minimum atomic E-state index is -0.409. The zero-order chi connectivity index (χ0) is 9.78. The highest BCUT2D eigenvalue weighted by atomic mass is 16.6. The summed E-state index contributed by atoms with van der Waals surface area (Å²) in [5.74, 6) is -0.309. The molecule has 0 aromatic rings. The van der Waals surface area contributed by atoms with Crippen LogP contribution in [0.4, 0.5) is 0 Å². The van der Waals surface area contributed by atoms with E-state index in [0.29, 0.717) is 0 Å². The number of hydrogen-bond acceptors (Lipinski definition) is 3. The second-order valence-corrected chi connectivity index (χ2v) is 3.81. The van der Waals surface area contributed by atoms with Crippen molar-refractivity contribution in [2.45, 2.75) is 26.4 Å². The van der Waals surface area contributed by atoms with Crippen molar-refractivity contribution < 1.29 is 9.53 Å². The van der Waals surface area contributed by atoms with Gasteiger partial charge in [0.25, 0.3) is 0 Å². The second kappa shape index (κ2) is 4.14. The van der Waals surface area contributed by atoms with Gasteiger partial charge in [-0.25, -0.2) is 4.79 Å². The number of rotatable bonds is 2. The highest BCUT2D eigenvalue weighted by Gasteiger charge is 2.13. The maximum Gasteiger partial charge on any atom is 0.332 e. The van der Waals surface area contributed by atoms with Crippen molar-refractivity contribution in [3.05, 3.63) is 12.3 Å². The van der Waals surface area contributed by atoms with Gasteiger partial charge in [0.05, 0.1) is 0 Å². The lowest BCUT2D eigenvalue weighted by molar-refractivity contribution is -0.148. The molecule has 0 bridgehead atoms. The van der Waals surface area contributed by atoms with Crippen LogP contribution in [-0.2, 0) is 9.53 Å². The summed E-state index contributed by atoms with van der Waals surface area (Å²) < 4.78 is 5.04. The molecule has 12 heavy (non-hydrogen) atoms. The molecule has 0 radical (unpaired) electrons. The summed E-state index contributed by atoms with van der Waals surface area (Å²) in [5.41, 5.74) is -0.409. The highest BCUT2D eigenvalue weighted by molar-refractivity contribution is 5.82. The van der Waals surface area contributed by atoms with Gasteiger partial charge in [-0.3, -0.25) is 0 Å². The molecule has 70 valence electrons. The van der Waals surface area contributed by atoms with Gasteiger partial charge in [0.15, 0.2) is 0 Å². The van der Waals surface area contributed by atoms with Gasteiger partial charge in [0.1, 0.15) is 5.60 Å². The Morgan fingerprint density at radius 2 is 1.83 bits per heavy atom.